The van der Waals surface area contributed by atoms with Gasteiger partial charge in [0, 0.05) is 13.1 Å². The molecule has 0 spiro atoms. The summed E-state index contributed by atoms with van der Waals surface area (Å²) in [5.41, 5.74) is 0. The molecule has 0 aliphatic carbocycles. The summed E-state index contributed by atoms with van der Waals surface area (Å²) in [6.45, 7) is 8.10. The first kappa shape index (κ1) is 17.2. The third kappa shape index (κ3) is 7.69. The van der Waals surface area contributed by atoms with Crippen LogP contribution in [0.15, 0.2) is 4.34 Å². The Bertz CT molecular complexity index is 395. The average molecular weight is 316 g/mol. The van der Waals surface area contributed by atoms with Crippen LogP contribution in [0.25, 0.3) is 0 Å². The normalized spacial score (nSPS) is 10.8. The van der Waals surface area contributed by atoms with E-state index in [4.69, 9.17) is 0 Å². The number of thioether (sulfide) groups is 1. The van der Waals surface area contributed by atoms with Gasteiger partial charge in [-0.3, -0.25) is 4.79 Å². The Morgan fingerprint density at radius 1 is 1.35 bits per heavy atom. The maximum atomic E-state index is 11.6. The first-order valence-electron chi connectivity index (χ1n) is 7.08. The molecular formula is C13H24N4OS2. The van der Waals surface area contributed by atoms with E-state index >= 15 is 0 Å². The molecule has 0 aliphatic rings. The maximum Gasteiger partial charge on any atom is 0.230 e. The van der Waals surface area contributed by atoms with Gasteiger partial charge in [-0.1, -0.05) is 56.7 Å². The van der Waals surface area contributed by atoms with E-state index in [1.165, 1.54) is 29.5 Å². The summed E-state index contributed by atoms with van der Waals surface area (Å²) in [5.74, 6) is 1.05. The highest BCUT2D eigenvalue weighted by molar-refractivity contribution is 8.01. The summed E-state index contributed by atoms with van der Waals surface area (Å²) in [4.78, 5) is 11.6. The maximum absolute atomic E-state index is 11.6. The van der Waals surface area contributed by atoms with Crippen LogP contribution < -0.4 is 10.6 Å². The van der Waals surface area contributed by atoms with Crippen molar-refractivity contribution in [2.45, 2.75) is 44.4 Å². The van der Waals surface area contributed by atoms with Gasteiger partial charge in [-0.15, -0.1) is 10.2 Å². The lowest BCUT2D eigenvalue weighted by molar-refractivity contribution is -0.118. The lowest BCUT2D eigenvalue weighted by Crippen LogP contribution is -2.26. The average Bonchev–Trinajstić information content (AvgIpc) is 2.87. The van der Waals surface area contributed by atoms with E-state index in [2.05, 4.69) is 41.6 Å². The Kier molecular flexibility index (Phi) is 8.60. The van der Waals surface area contributed by atoms with Gasteiger partial charge in [0.15, 0.2) is 4.34 Å². The molecule has 0 fully saturated rings. The molecule has 0 saturated heterocycles. The fraction of sp³-hybridized carbons (Fsp3) is 0.769. The van der Waals surface area contributed by atoms with Crippen LogP contribution in [-0.4, -0.2) is 34.9 Å². The molecule has 1 rings (SSSR count). The molecule has 0 bridgehead atoms. The van der Waals surface area contributed by atoms with Crippen molar-refractivity contribution in [1.29, 1.82) is 0 Å². The third-order valence-electron chi connectivity index (χ3n) is 2.50. The molecule has 7 heteroatoms. The highest BCUT2D eigenvalue weighted by Gasteiger charge is 2.08. The number of amides is 1. The second kappa shape index (κ2) is 9.99. The SMILES string of the molecule is CCCCCNC(=O)CSc1nnc(NCC(C)C)s1. The van der Waals surface area contributed by atoms with Crippen LogP contribution in [0.5, 0.6) is 0 Å². The zero-order valence-corrected chi connectivity index (χ0v) is 14.1. The quantitative estimate of drug-likeness (QED) is 0.513. The first-order valence-corrected chi connectivity index (χ1v) is 8.89. The van der Waals surface area contributed by atoms with Gasteiger partial charge < -0.3 is 10.6 Å². The number of carbonyl (C=O) groups excluding carboxylic acids is 1. The summed E-state index contributed by atoms with van der Waals surface area (Å²) in [6.07, 6.45) is 3.38. The Morgan fingerprint density at radius 3 is 2.85 bits per heavy atom. The van der Waals surface area contributed by atoms with E-state index in [9.17, 15) is 4.79 Å². The fourth-order valence-corrected chi connectivity index (χ4v) is 3.00. The van der Waals surface area contributed by atoms with Crippen LogP contribution in [0.4, 0.5) is 5.13 Å². The monoisotopic (exact) mass is 316 g/mol. The van der Waals surface area contributed by atoms with E-state index in [1.54, 1.807) is 0 Å². The number of hydrogen-bond acceptors (Lipinski definition) is 6. The van der Waals surface area contributed by atoms with Crippen molar-refractivity contribution in [3.63, 3.8) is 0 Å². The van der Waals surface area contributed by atoms with Gasteiger partial charge in [-0.2, -0.15) is 0 Å². The number of anilines is 1. The number of nitrogens with zero attached hydrogens (tertiary/aromatic N) is 2. The Labute approximate surface area is 129 Å². The molecule has 1 heterocycles. The van der Waals surface area contributed by atoms with E-state index in [1.807, 2.05) is 0 Å². The first-order chi connectivity index (χ1) is 9.61. The van der Waals surface area contributed by atoms with Gasteiger partial charge >= 0.3 is 0 Å². The zero-order valence-electron chi connectivity index (χ0n) is 12.4. The molecule has 0 unspecified atom stereocenters. The van der Waals surface area contributed by atoms with Gasteiger partial charge in [0.05, 0.1) is 5.75 Å². The van der Waals surface area contributed by atoms with Crippen LogP contribution in [0.1, 0.15) is 40.0 Å². The summed E-state index contributed by atoms with van der Waals surface area (Å²) in [6, 6.07) is 0. The minimum absolute atomic E-state index is 0.0676. The Balaban J connectivity index is 2.19. The van der Waals surface area contributed by atoms with Gasteiger partial charge in [-0.25, -0.2) is 0 Å². The molecule has 1 amide bonds. The summed E-state index contributed by atoms with van der Waals surface area (Å²) in [7, 11) is 0. The van der Waals surface area contributed by atoms with E-state index in [0.717, 1.165) is 35.4 Å². The van der Waals surface area contributed by atoms with Crippen molar-refractivity contribution in [2.24, 2.45) is 5.92 Å². The predicted octanol–water partition coefficient (Wildman–Crippen LogP) is 3.00. The number of aromatic nitrogens is 2. The van der Waals surface area contributed by atoms with Crippen LogP contribution >= 0.6 is 23.1 Å². The molecule has 20 heavy (non-hydrogen) atoms. The molecule has 2 N–H and O–H groups in total. The fourth-order valence-electron chi connectivity index (χ4n) is 1.41. The number of rotatable bonds is 10. The standard InChI is InChI=1S/C13H24N4OS2/c1-4-5-6-7-14-11(18)9-19-13-17-16-12(20-13)15-8-10(2)3/h10H,4-9H2,1-3H3,(H,14,18)(H,15,16). The Hall–Kier alpha value is -0.820. The molecule has 1 aromatic rings. The largest absolute Gasteiger partial charge is 0.360 e. The molecule has 1 aromatic heterocycles. The molecule has 0 aliphatic heterocycles. The highest BCUT2D eigenvalue weighted by Crippen LogP contribution is 2.25. The van der Waals surface area contributed by atoms with E-state index in [-0.39, 0.29) is 5.91 Å². The molecule has 114 valence electrons. The van der Waals surface area contributed by atoms with Crippen LogP contribution in [0.2, 0.25) is 0 Å². The van der Waals surface area contributed by atoms with Crippen LogP contribution in [-0.2, 0) is 4.79 Å². The number of nitrogens with one attached hydrogen (secondary N) is 2. The van der Waals surface area contributed by atoms with Crippen molar-refractivity contribution < 1.29 is 4.79 Å². The van der Waals surface area contributed by atoms with E-state index in [0.29, 0.717) is 11.7 Å². The van der Waals surface area contributed by atoms with Crippen molar-refractivity contribution in [2.75, 3.05) is 24.2 Å². The molecule has 5 nitrogen and oxygen atoms in total. The summed E-state index contributed by atoms with van der Waals surface area (Å²) in [5, 5.41) is 15.1. The summed E-state index contributed by atoms with van der Waals surface area (Å²) >= 11 is 2.94. The van der Waals surface area contributed by atoms with Crippen molar-refractivity contribution in [3.05, 3.63) is 0 Å². The predicted molar refractivity (Wildman–Crippen MR) is 86.5 cm³/mol. The van der Waals surface area contributed by atoms with Crippen LogP contribution in [0, 0.1) is 5.92 Å². The van der Waals surface area contributed by atoms with Crippen LogP contribution in [0.3, 0.4) is 0 Å². The van der Waals surface area contributed by atoms with Gasteiger partial charge in [-0.05, 0) is 12.3 Å². The smallest absolute Gasteiger partial charge is 0.230 e. The summed E-state index contributed by atoms with van der Waals surface area (Å²) < 4.78 is 0.833. The van der Waals surface area contributed by atoms with Gasteiger partial charge in [0.1, 0.15) is 0 Å². The topological polar surface area (TPSA) is 66.9 Å². The van der Waals surface area contributed by atoms with E-state index < -0.39 is 0 Å². The molecule has 0 saturated carbocycles. The minimum Gasteiger partial charge on any atom is -0.360 e. The molecule has 0 atom stereocenters. The second-order valence-corrected chi connectivity index (χ2v) is 7.19. The second-order valence-electron chi connectivity index (χ2n) is 4.99. The highest BCUT2D eigenvalue weighted by atomic mass is 32.2. The molecule has 0 radical (unpaired) electrons. The zero-order chi connectivity index (χ0) is 14.8. The Morgan fingerprint density at radius 2 is 2.15 bits per heavy atom. The van der Waals surface area contributed by atoms with Gasteiger partial charge in [0.25, 0.3) is 0 Å². The molecular weight excluding hydrogens is 292 g/mol. The molecule has 0 aromatic carbocycles. The number of hydrogen-bond donors (Lipinski definition) is 2. The lowest BCUT2D eigenvalue weighted by Gasteiger charge is -2.03. The lowest BCUT2D eigenvalue weighted by atomic mass is 10.2. The number of carbonyl (C=O) groups is 1. The van der Waals surface area contributed by atoms with Gasteiger partial charge in [0.2, 0.25) is 11.0 Å². The minimum atomic E-state index is 0.0676. The van der Waals surface area contributed by atoms with Crippen molar-refractivity contribution in [3.8, 4) is 0 Å². The van der Waals surface area contributed by atoms with Crippen molar-refractivity contribution in [1.82, 2.24) is 15.5 Å². The third-order valence-corrected chi connectivity index (χ3v) is 4.51. The number of unbranched alkanes of at least 4 members (excludes halogenated alkanes) is 2. The van der Waals surface area contributed by atoms with Crippen molar-refractivity contribution >= 4 is 34.1 Å².